The van der Waals surface area contributed by atoms with E-state index in [2.05, 4.69) is 24.4 Å². The first kappa shape index (κ1) is 18.5. The third-order valence-corrected chi connectivity index (χ3v) is 5.39. The minimum atomic E-state index is -0.330. The number of hydrogen-bond donors (Lipinski definition) is 1. The number of carbonyl (C=O) groups is 2. The van der Waals surface area contributed by atoms with Gasteiger partial charge < -0.3 is 10.2 Å². The summed E-state index contributed by atoms with van der Waals surface area (Å²) >= 11 is 6.16. The molecule has 1 aliphatic heterocycles. The van der Waals surface area contributed by atoms with E-state index in [1.165, 1.54) is 5.56 Å². The fraction of sp³-hybridized carbons (Fsp3) is 0.333. The average Bonchev–Trinajstić information content (AvgIpc) is 3.04. The third kappa shape index (κ3) is 3.91. The summed E-state index contributed by atoms with van der Waals surface area (Å²) in [6.45, 7) is 4.92. The lowest BCUT2D eigenvalue weighted by Gasteiger charge is -2.20. The van der Waals surface area contributed by atoms with Crippen molar-refractivity contribution < 1.29 is 9.59 Å². The molecule has 0 saturated carbocycles. The Bertz CT molecular complexity index is 807. The highest BCUT2D eigenvalue weighted by Gasteiger charge is 2.35. The van der Waals surface area contributed by atoms with Gasteiger partial charge in [-0.2, -0.15) is 0 Å². The van der Waals surface area contributed by atoms with Crippen LogP contribution in [0.5, 0.6) is 0 Å². The average molecular weight is 371 g/mol. The molecule has 0 spiro atoms. The lowest BCUT2D eigenvalue weighted by molar-refractivity contribution is -0.126. The summed E-state index contributed by atoms with van der Waals surface area (Å²) in [7, 11) is 0. The monoisotopic (exact) mass is 370 g/mol. The largest absolute Gasteiger partial charge is 0.355 e. The fourth-order valence-corrected chi connectivity index (χ4v) is 3.47. The fourth-order valence-electron chi connectivity index (χ4n) is 3.30. The third-order valence-electron chi connectivity index (χ3n) is 4.98. The van der Waals surface area contributed by atoms with Gasteiger partial charge in [0.25, 0.3) is 0 Å². The molecular weight excluding hydrogens is 348 g/mol. The quantitative estimate of drug-likeness (QED) is 0.867. The van der Waals surface area contributed by atoms with Crippen LogP contribution in [0.1, 0.15) is 30.4 Å². The van der Waals surface area contributed by atoms with Gasteiger partial charge in [-0.3, -0.25) is 9.59 Å². The van der Waals surface area contributed by atoms with Crippen molar-refractivity contribution in [3.05, 3.63) is 64.7 Å². The Labute approximate surface area is 159 Å². The maximum Gasteiger partial charge on any atom is 0.227 e. The second-order valence-electron chi connectivity index (χ2n) is 6.85. The molecule has 0 bridgehead atoms. The first-order chi connectivity index (χ1) is 12.5. The highest BCUT2D eigenvalue weighted by Crippen LogP contribution is 2.31. The summed E-state index contributed by atoms with van der Waals surface area (Å²) in [5, 5.41) is 3.62. The zero-order valence-corrected chi connectivity index (χ0v) is 15.8. The Morgan fingerprint density at radius 1 is 1.23 bits per heavy atom. The van der Waals surface area contributed by atoms with E-state index in [0.29, 0.717) is 18.1 Å². The molecule has 1 fully saturated rings. The lowest BCUT2D eigenvalue weighted by atomic mass is 10.0. The molecule has 1 N–H and O–H groups in total. The van der Waals surface area contributed by atoms with Gasteiger partial charge >= 0.3 is 0 Å². The molecule has 0 radical (unpaired) electrons. The van der Waals surface area contributed by atoms with Crippen LogP contribution in [0.3, 0.4) is 0 Å². The molecule has 1 aliphatic rings. The molecule has 0 aliphatic carbocycles. The molecule has 4 nitrogen and oxygen atoms in total. The first-order valence-corrected chi connectivity index (χ1v) is 9.23. The molecule has 136 valence electrons. The number of rotatable bonds is 5. The van der Waals surface area contributed by atoms with E-state index in [9.17, 15) is 9.59 Å². The Morgan fingerprint density at radius 3 is 2.69 bits per heavy atom. The van der Waals surface area contributed by atoms with Crippen LogP contribution in [0.15, 0.2) is 48.5 Å². The number of nitrogens with one attached hydrogen (secondary N) is 1. The molecule has 1 saturated heterocycles. The van der Waals surface area contributed by atoms with Gasteiger partial charge in [-0.25, -0.2) is 0 Å². The van der Waals surface area contributed by atoms with Gasteiger partial charge in [0, 0.05) is 30.2 Å². The van der Waals surface area contributed by atoms with Crippen molar-refractivity contribution in [2.45, 2.75) is 26.2 Å². The minimum absolute atomic E-state index is 0.0355. The molecule has 2 atom stereocenters. The van der Waals surface area contributed by atoms with E-state index < -0.39 is 0 Å². The zero-order valence-electron chi connectivity index (χ0n) is 15.0. The van der Waals surface area contributed by atoms with Crippen molar-refractivity contribution in [3.63, 3.8) is 0 Å². The maximum absolute atomic E-state index is 12.5. The van der Waals surface area contributed by atoms with Gasteiger partial charge in [-0.15, -0.1) is 0 Å². The summed E-state index contributed by atoms with van der Waals surface area (Å²) in [6.07, 6.45) is 0.234. The van der Waals surface area contributed by atoms with Gasteiger partial charge in [0.05, 0.1) is 5.92 Å². The standard InChI is InChI=1S/C21H23ClN2O2/c1-14(16-7-4-3-5-8-16)12-23-21(26)17-11-20(25)24(13-17)19-10-6-9-18(22)15(19)2/h3-10,14,17H,11-13H2,1-2H3,(H,23,26)/t14-,17-/m1/s1. The first-order valence-electron chi connectivity index (χ1n) is 8.85. The molecule has 26 heavy (non-hydrogen) atoms. The summed E-state index contributed by atoms with van der Waals surface area (Å²) in [6, 6.07) is 15.6. The van der Waals surface area contributed by atoms with E-state index in [0.717, 1.165) is 11.3 Å². The molecule has 5 heteroatoms. The number of benzene rings is 2. The smallest absolute Gasteiger partial charge is 0.227 e. The summed E-state index contributed by atoms with van der Waals surface area (Å²) in [4.78, 5) is 26.6. The maximum atomic E-state index is 12.5. The lowest BCUT2D eigenvalue weighted by Crippen LogP contribution is -2.35. The van der Waals surface area contributed by atoms with E-state index in [4.69, 9.17) is 11.6 Å². The number of amides is 2. The second kappa shape index (κ2) is 7.92. The Balaban J connectivity index is 1.61. The van der Waals surface area contributed by atoms with Crippen LogP contribution in [0.25, 0.3) is 0 Å². The van der Waals surface area contributed by atoms with E-state index in [-0.39, 0.29) is 30.1 Å². The molecule has 1 heterocycles. The van der Waals surface area contributed by atoms with Crippen molar-refractivity contribution in [2.75, 3.05) is 18.0 Å². The predicted molar refractivity (Wildman–Crippen MR) is 105 cm³/mol. The van der Waals surface area contributed by atoms with Crippen LogP contribution >= 0.6 is 11.6 Å². The van der Waals surface area contributed by atoms with Crippen LogP contribution in [0.4, 0.5) is 5.69 Å². The molecule has 2 aromatic carbocycles. The molecule has 0 unspecified atom stereocenters. The number of anilines is 1. The predicted octanol–water partition coefficient (Wildman–Crippen LogP) is 3.92. The second-order valence-corrected chi connectivity index (χ2v) is 7.25. The van der Waals surface area contributed by atoms with Gasteiger partial charge in [0.15, 0.2) is 0 Å². The van der Waals surface area contributed by atoms with E-state index >= 15 is 0 Å². The van der Waals surface area contributed by atoms with Crippen LogP contribution in [-0.2, 0) is 9.59 Å². The van der Waals surface area contributed by atoms with E-state index in [1.807, 2.05) is 37.3 Å². The number of halogens is 1. The van der Waals surface area contributed by atoms with Crippen LogP contribution in [-0.4, -0.2) is 24.9 Å². The highest BCUT2D eigenvalue weighted by molar-refractivity contribution is 6.31. The topological polar surface area (TPSA) is 49.4 Å². The van der Waals surface area contributed by atoms with Crippen molar-refractivity contribution in [2.24, 2.45) is 5.92 Å². The van der Waals surface area contributed by atoms with Gasteiger partial charge in [-0.05, 0) is 36.1 Å². The zero-order chi connectivity index (χ0) is 18.7. The van der Waals surface area contributed by atoms with Crippen molar-refractivity contribution in [1.29, 1.82) is 0 Å². The molecule has 2 aromatic rings. The van der Waals surface area contributed by atoms with Crippen molar-refractivity contribution in [1.82, 2.24) is 5.32 Å². The number of hydrogen-bond acceptors (Lipinski definition) is 2. The Kier molecular flexibility index (Phi) is 5.62. The highest BCUT2D eigenvalue weighted by atomic mass is 35.5. The van der Waals surface area contributed by atoms with E-state index in [1.54, 1.807) is 11.0 Å². The molecular formula is C21H23ClN2O2. The Morgan fingerprint density at radius 2 is 1.96 bits per heavy atom. The van der Waals surface area contributed by atoms with Crippen LogP contribution in [0, 0.1) is 12.8 Å². The van der Waals surface area contributed by atoms with Gasteiger partial charge in [-0.1, -0.05) is 54.9 Å². The Hall–Kier alpha value is -2.33. The number of nitrogens with zero attached hydrogens (tertiary/aromatic N) is 1. The molecule has 2 amide bonds. The normalized spacial score (nSPS) is 18.0. The summed E-state index contributed by atoms with van der Waals surface area (Å²) in [5.41, 5.74) is 2.84. The SMILES string of the molecule is Cc1c(Cl)cccc1N1C[C@H](C(=O)NC[C@@H](C)c2ccccc2)CC1=O. The summed E-state index contributed by atoms with van der Waals surface area (Å²) < 4.78 is 0. The van der Waals surface area contributed by atoms with Crippen LogP contribution in [0.2, 0.25) is 5.02 Å². The molecule has 0 aromatic heterocycles. The van der Waals surface area contributed by atoms with Gasteiger partial charge in [0.1, 0.15) is 0 Å². The number of carbonyl (C=O) groups excluding carboxylic acids is 2. The summed E-state index contributed by atoms with van der Waals surface area (Å²) in [5.74, 6) is -0.206. The van der Waals surface area contributed by atoms with Gasteiger partial charge in [0.2, 0.25) is 11.8 Å². The van der Waals surface area contributed by atoms with Crippen molar-refractivity contribution >= 4 is 29.1 Å². The minimum Gasteiger partial charge on any atom is -0.355 e. The molecule has 3 rings (SSSR count). The van der Waals surface area contributed by atoms with Crippen molar-refractivity contribution in [3.8, 4) is 0 Å². The van der Waals surface area contributed by atoms with Crippen LogP contribution < -0.4 is 10.2 Å².